The van der Waals surface area contributed by atoms with Crippen molar-refractivity contribution in [2.45, 2.75) is 13.8 Å². The predicted octanol–water partition coefficient (Wildman–Crippen LogP) is 1.75. The predicted molar refractivity (Wildman–Crippen MR) is 70.6 cm³/mol. The van der Waals surface area contributed by atoms with Crippen molar-refractivity contribution < 1.29 is 19.4 Å². The Hall–Kier alpha value is -2.57. The molecule has 2 rings (SSSR count). The van der Waals surface area contributed by atoms with Crippen LogP contribution in [0.3, 0.4) is 0 Å². The molecule has 1 aromatic heterocycles. The lowest BCUT2D eigenvalue weighted by molar-refractivity contribution is 0.0520. The van der Waals surface area contributed by atoms with Gasteiger partial charge in [0.15, 0.2) is 5.69 Å². The van der Waals surface area contributed by atoms with E-state index in [9.17, 15) is 9.90 Å². The molecule has 0 aliphatic rings. The van der Waals surface area contributed by atoms with Crippen LogP contribution in [0, 0.1) is 0 Å². The number of hydrogen-bond donors (Lipinski definition) is 2. The Morgan fingerprint density at radius 3 is 2.80 bits per heavy atom. The number of phenols is 1. The number of esters is 1. The molecule has 0 radical (unpaired) electrons. The van der Waals surface area contributed by atoms with Crippen molar-refractivity contribution in [2.75, 3.05) is 13.2 Å². The van der Waals surface area contributed by atoms with Gasteiger partial charge >= 0.3 is 5.97 Å². The summed E-state index contributed by atoms with van der Waals surface area (Å²) >= 11 is 0. The smallest absolute Gasteiger partial charge is 0.361 e. The number of nitrogens with zero attached hydrogens (tertiary/aromatic N) is 2. The van der Waals surface area contributed by atoms with E-state index in [1.54, 1.807) is 19.1 Å². The maximum atomic E-state index is 11.8. The van der Waals surface area contributed by atoms with Gasteiger partial charge in [0, 0.05) is 0 Å². The fraction of sp³-hybridized carbons (Fsp3) is 0.308. The van der Waals surface area contributed by atoms with Gasteiger partial charge in [-0.3, -0.25) is 0 Å². The minimum absolute atomic E-state index is 0.0205. The lowest BCUT2D eigenvalue weighted by atomic mass is 10.1. The first-order chi connectivity index (χ1) is 9.67. The Labute approximate surface area is 115 Å². The summed E-state index contributed by atoms with van der Waals surface area (Å²) in [4.78, 5) is 11.8. The van der Waals surface area contributed by atoms with Crippen molar-refractivity contribution in [3.63, 3.8) is 0 Å². The lowest BCUT2D eigenvalue weighted by Gasteiger charge is -2.07. The van der Waals surface area contributed by atoms with Gasteiger partial charge in [0.2, 0.25) is 0 Å². The quantitative estimate of drug-likeness (QED) is 0.808. The highest BCUT2D eigenvalue weighted by atomic mass is 16.5. The van der Waals surface area contributed by atoms with Crippen molar-refractivity contribution in [2.24, 2.45) is 0 Å². The van der Waals surface area contributed by atoms with Gasteiger partial charge < -0.3 is 14.6 Å². The monoisotopic (exact) mass is 277 g/mol. The SMILES string of the molecule is CCOC(=O)c1n[nH]nc1-c1cc(OCC)ccc1O. The Morgan fingerprint density at radius 2 is 2.10 bits per heavy atom. The molecule has 0 fully saturated rings. The lowest BCUT2D eigenvalue weighted by Crippen LogP contribution is -2.06. The van der Waals surface area contributed by atoms with Crippen molar-refractivity contribution in [1.82, 2.24) is 15.4 Å². The van der Waals surface area contributed by atoms with Crippen LogP contribution in [0.5, 0.6) is 11.5 Å². The molecule has 2 N–H and O–H groups in total. The number of carbonyl (C=O) groups excluding carboxylic acids is 1. The second-order valence-electron chi connectivity index (χ2n) is 3.85. The highest BCUT2D eigenvalue weighted by Gasteiger charge is 2.21. The molecule has 0 aliphatic heterocycles. The number of ether oxygens (including phenoxy) is 2. The fourth-order valence-electron chi connectivity index (χ4n) is 1.72. The maximum Gasteiger partial charge on any atom is 0.361 e. The van der Waals surface area contributed by atoms with Crippen molar-refractivity contribution in [3.8, 4) is 22.8 Å². The van der Waals surface area contributed by atoms with Gasteiger partial charge in [-0.05, 0) is 32.0 Å². The highest BCUT2D eigenvalue weighted by Crippen LogP contribution is 2.32. The van der Waals surface area contributed by atoms with Crippen LogP contribution in [0.2, 0.25) is 0 Å². The zero-order valence-corrected chi connectivity index (χ0v) is 11.2. The summed E-state index contributed by atoms with van der Waals surface area (Å²) in [5, 5.41) is 19.9. The molecule has 2 aromatic rings. The summed E-state index contributed by atoms with van der Waals surface area (Å²) in [6, 6.07) is 4.70. The number of aromatic hydroxyl groups is 1. The van der Waals surface area contributed by atoms with E-state index in [0.717, 1.165) is 0 Å². The van der Waals surface area contributed by atoms with Gasteiger partial charge in [-0.15, -0.1) is 5.10 Å². The van der Waals surface area contributed by atoms with E-state index in [1.165, 1.54) is 6.07 Å². The zero-order chi connectivity index (χ0) is 14.5. The molecule has 1 aromatic carbocycles. The minimum Gasteiger partial charge on any atom is -0.507 e. The van der Waals surface area contributed by atoms with E-state index in [-0.39, 0.29) is 23.7 Å². The molecule has 0 atom stereocenters. The average Bonchev–Trinajstić information content (AvgIpc) is 2.90. The van der Waals surface area contributed by atoms with Crippen LogP contribution in [-0.2, 0) is 4.74 Å². The van der Waals surface area contributed by atoms with Crippen LogP contribution in [0.4, 0.5) is 0 Å². The third-order valence-corrected chi connectivity index (χ3v) is 2.55. The van der Waals surface area contributed by atoms with Gasteiger partial charge in [-0.2, -0.15) is 10.3 Å². The number of hydrogen-bond acceptors (Lipinski definition) is 6. The largest absolute Gasteiger partial charge is 0.507 e. The molecule has 0 saturated carbocycles. The van der Waals surface area contributed by atoms with Crippen LogP contribution in [0.15, 0.2) is 18.2 Å². The molecule has 7 nitrogen and oxygen atoms in total. The Morgan fingerprint density at radius 1 is 1.30 bits per heavy atom. The maximum absolute atomic E-state index is 11.8. The fourth-order valence-corrected chi connectivity index (χ4v) is 1.72. The Balaban J connectivity index is 2.43. The summed E-state index contributed by atoms with van der Waals surface area (Å²) in [6.07, 6.45) is 0. The number of phenolic OH excluding ortho intramolecular Hbond substituents is 1. The number of nitrogens with one attached hydrogen (secondary N) is 1. The van der Waals surface area contributed by atoms with Gasteiger partial charge in [0.05, 0.1) is 18.8 Å². The minimum atomic E-state index is -0.600. The molecule has 0 bridgehead atoms. The third kappa shape index (κ3) is 2.71. The second-order valence-corrected chi connectivity index (χ2v) is 3.85. The zero-order valence-electron chi connectivity index (χ0n) is 11.2. The van der Waals surface area contributed by atoms with E-state index in [2.05, 4.69) is 15.4 Å². The van der Waals surface area contributed by atoms with Crippen molar-refractivity contribution >= 4 is 5.97 Å². The third-order valence-electron chi connectivity index (χ3n) is 2.55. The number of aromatic nitrogens is 3. The average molecular weight is 277 g/mol. The van der Waals surface area contributed by atoms with E-state index >= 15 is 0 Å². The standard InChI is InChI=1S/C13H15N3O4/c1-3-19-8-5-6-10(17)9(7-8)11-12(15-16-14-11)13(18)20-4-2/h5-7,17H,3-4H2,1-2H3,(H,14,15,16). The molecule has 0 saturated heterocycles. The van der Waals surface area contributed by atoms with Gasteiger partial charge in [-0.1, -0.05) is 0 Å². The molecule has 20 heavy (non-hydrogen) atoms. The number of benzene rings is 1. The molecule has 0 amide bonds. The van der Waals surface area contributed by atoms with E-state index in [1.807, 2.05) is 6.92 Å². The molecule has 0 unspecified atom stereocenters. The van der Waals surface area contributed by atoms with Crippen LogP contribution in [-0.4, -0.2) is 39.7 Å². The number of carbonyl (C=O) groups is 1. The van der Waals surface area contributed by atoms with Gasteiger partial charge in [0.1, 0.15) is 17.2 Å². The first-order valence-corrected chi connectivity index (χ1v) is 6.21. The molecular weight excluding hydrogens is 262 g/mol. The molecule has 7 heteroatoms. The molecule has 1 heterocycles. The molecule has 0 spiro atoms. The Bertz CT molecular complexity index is 609. The van der Waals surface area contributed by atoms with E-state index in [4.69, 9.17) is 9.47 Å². The normalized spacial score (nSPS) is 10.3. The number of rotatable bonds is 5. The molecular formula is C13H15N3O4. The highest BCUT2D eigenvalue weighted by molar-refractivity contribution is 5.94. The summed E-state index contributed by atoms with van der Waals surface area (Å²) in [7, 11) is 0. The Kier molecular flexibility index (Phi) is 4.19. The van der Waals surface area contributed by atoms with Crippen LogP contribution in [0.1, 0.15) is 24.3 Å². The molecule has 0 aliphatic carbocycles. The number of H-pyrrole nitrogens is 1. The van der Waals surface area contributed by atoms with E-state index in [0.29, 0.717) is 17.9 Å². The van der Waals surface area contributed by atoms with Crippen LogP contribution in [0.25, 0.3) is 11.3 Å². The summed E-state index contributed by atoms with van der Waals surface area (Å²) in [5.74, 6) is -0.0523. The first-order valence-electron chi connectivity index (χ1n) is 6.21. The molecule has 106 valence electrons. The van der Waals surface area contributed by atoms with Gasteiger partial charge in [-0.25, -0.2) is 4.79 Å². The van der Waals surface area contributed by atoms with E-state index < -0.39 is 5.97 Å². The van der Waals surface area contributed by atoms with Crippen LogP contribution >= 0.6 is 0 Å². The van der Waals surface area contributed by atoms with Crippen molar-refractivity contribution in [1.29, 1.82) is 0 Å². The second kappa shape index (κ2) is 6.05. The topological polar surface area (TPSA) is 97.3 Å². The number of aromatic amines is 1. The summed E-state index contributed by atoms with van der Waals surface area (Å²) in [6.45, 7) is 4.28. The van der Waals surface area contributed by atoms with Crippen molar-refractivity contribution in [3.05, 3.63) is 23.9 Å². The first kappa shape index (κ1) is 13.9. The summed E-state index contributed by atoms with van der Waals surface area (Å²) < 4.78 is 10.3. The van der Waals surface area contributed by atoms with Crippen LogP contribution < -0.4 is 4.74 Å². The van der Waals surface area contributed by atoms with Gasteiger partial charge in [0.25, 0.3) is 0 Å². The summed E-state index contributed by atoms with van der Waals surface area (Å²) in [5.41, 5.74) is 0.603.